The maximum Gasteiger partial charge on any atom is 0.251 e. The minimum Gasteiger partial charge on any atom is -0.493 e. The Labute approximate surface area is 148 Å². The highest BCUT2D eigenvalue weighted by molar-refractivity contribution is 5.95. The summed E-state index contributed by atoms with van der Waals surface area (Å²) in [6.07, 6.45) is 0. The van der Waals surface area contributed by atoms with Gasteiger partial charge in [0.15, 0.2) is 11.5 Å². The van der Waals surface area contributed by atoms with Crippen LogP contribution in [0.15, 0.2) is 12.1 Å². The topological polar surface area (TPSA) is 72.1 Å². The Morgan fingerprint density at radius 1 is 1.29 bits per heavy atom. The molecule has 7 nitrogen and oxygen atoms in total. The number of carbonyl (C=O) groups excluding carboxylic acids is 1. The highest BCUT2D eigenvalue weighted by atomic mass is 35.5. The zero-order valence-electron chi connectivity index (χ0n) is 13.8. The molecule has 24 heavy (non-hydrogen) atoms. The fraction of sp³-hybridized carbons (Fsp3) is 0.562. The second-order valence-corrected chi connectivity index (χ2v) is 5.55. The Morgan fingerprint density at radius 2 is 2.04 bits per heavy atom. The third-order valence-corrected chi connectivity index (χ3v) is 4.01. The van der Waals surface area contributed by atoms with Crippen molar-refractivity contribution >= 4 is 18.3 Å². The minimum atomic E-state index is -0.129. The summed E-state index contributed by atoms with van der Waals surface area (Å²) in [6, 6.07) is 3.39. The molecule has 1 aromatic carbocycles. The predicted octanol–water partition coefficient (Wildman–Crippen LogP) is 0.523. The Morgan fingerprint density at radius 3 is 2.79 bits per heavy atom. The maximum absolute atomic E-state index is 12.3. The molecule has 2 aliphatic rings. The molecule has 0 saturated carbocycles. The zero-order valence-corrected chi connectivity index (χ0v) is 14.6. The standard InChI is InChI=1S/C16H23N3O4.ClH/c1-21-13-10-12(11-14-15(13)23-9-8-22-14)16(20)18-4-7-19-5-2-17-3-6-19;/h10-11,17H,2-9H2,1H3,(H,18,20);1H. The second kappa shape index (κ2) is 8.96. The van der Waals surface area contributed by atoms with Gasteiger partial charge in [-0.15, -0.1) is 12.4 Å². The number of fused-ring (bicyclic) bond motifs is 1. The number of benzene rings is 1. The van der Waals surface area contributed by atoms with Crippen molar-refractivity contribution in [2.75, 3.05) is 59.6 Å². The third kappa shape index (κ3) is 4.43. The lowest BCUT2D eigenvalue weighted by molar-refractivity contribution is 0.0945. The summed E-state index contributed by atoms with van der Waals surface area (Å²) < 4.78 is 16.4. The van der Waals surface area contributed by atoms with E-state index in [0.29, 0.717) is 42.6 Å². The minimum absolute atomic E-state index is 0. The molecule has 2 N–H and O–H groups in total. The summed E-state index contributed by atoms with van der Waals surface area (Å²) in [4.78, 5) is 14.7. The Hall–Kier alpha value is -1.70. The predicted molar refractivity (Wildman–Crippen MR) is 92.9 cm³/mol. The van der Waals surface area contributed by atoms with Gasteiger partial charge in [-0.2, -0.15) is 0 Å². The first kappa shape index (κ1) is 18.6. The summed E-state index contributed by atoms with van der Waals surface area (Å²) in [5.41, 5.74) is 0.520. The molecule has 0 spiro atoms. The van der Waals surface area contributed by atoms with Crippen LogP contribution in [0.4, 0.5) is 0 Å². The van der Waals surface area contributed by atoms with Crippen molar-refractivity contribution in [1.29, 1.82) is 0 Å². The zero-order chi connectivity index (χ0) is 16.1. The van der Waals surface area contributed by atoms with E-state index in [1.54, 1.807) is 19.2 Å². The molecule has 0 unspecified atom stereocenters. The third-order valence-electron chi connectivity index (χ3n) is 4.01. The van der Waals surface area contributed by atoms with Gasteiger partial charge in [0, 0.05) is 44.8 Å². The van der Waals surface area contributed by atoms with Crippen LogP contribution in [0.1, 0.15) is 10.4 Å². The number of nitrogens with zero attached hydrogens (tertiary/aromatic N) is 1. The summed E-state index contributed by atoms with van der Waals surface area (Å²) >= 11 is 0. The Bertz CT molecular complexity index is 547. The molecule has 1 fully saturated rings. The van der Waals surface area contributed by atoms with Crippen LogP contribution in [0.5, 0.6) is 17.2 Å². The van der Waals surface area contributed by atoms with Crippen molar-refractivity contribution in [1.82, 2.24) is 15.5 Å². The molecule has 134 valence electrons. The van der Waals surface area contributed by atoms with Gasteiger partial charge in [0.05, 0.1) is 7.11 Å². The largest absolute Gasteiger partial charge is 0.493 e. The number of halogens is 1. The molecule has 8 heteroatoms. The van der Waals surface area contributed by atoms with Crippen molar-refractivity contribution in [2.24, 2.45) is 0 Å². The van der Waals surface area contributed by atoms with E-state index in [0.717, 1.165) is 32.7 Å². The molecule has 0 aromatic heterocycles. The lowest BCUT2D eigenvalue weighted by atomic mass is 10.1. The number of carbonyl (C=O) groups is 1. The van der Waals surface area contributed by atoms with E-state index in [1.165, 1.54) is 0 Å². The van der Waals surface area contributed by atoms with E-state index in [9.17, 15) is 4.79 Å². The average molecular weight is 358 g/mol. The van der Waals surface area contributed by atoms with Crippen LogP contribution in [0.25, 0.3) is 0 Å². The molecule has 1 aromatic rings. The summed E-state index contributed by atoms with van der Waals surface area (Å²) in [5, 5.41) is 6.26. The number of rotatable bonds is 5. The normalized spacial score (nSPS) is 16.9. The first-order valence-electron chi connectivity index (χ1n) is 7.97. The van der Waals surface area contributed by atoms with Crippen LogP contribution in [0.2, 0.25) is 0 Å². The monoisotopic (exact) mass is 357 g/mol. The average Bonchev–Trinajstić information content (AvgIpc) is 2.61. The second-order valence-electron chi connectivity index (χ2n) is 5.55. The molecule has 1 saturated heterocycles. The number of amides is 1. The van der Waals surface area contributed by atoms with E-state index in [4.69, 9.17) is 14.2 Å². The van der Waals surface area contributed by atoms with Crippen molar-refractivity contribution < 1.29 is 19.0 Å². The number of nitrogens with one attached hydrogen (secondary N) is 2. The number of hydrogen-bond acceptors (Lipinski definition) is 6. The fourth-order valence-electron chi connectivity index (χ4n) is 2.77. The van der Waals surface area contributed by atoms with Gasteiger partial charge in [0.1, 0.15) is 13.2 Å². The molecule has 1 amide bonds. The highest BCUT2D eigenvalue weighted by Gasteiger charge is 2.21. The van der Waals surface area contributed by atoms with Crippen molar-refractivity contribution in [2.45, 2.75) is 0 Å². The van der Waals surface area contributed by atoms with Gasteiger partial charge >= 0.3 is 0 Å². The molecule has 3 rings (SSSR count). The summed E-state index contributed by atoms with van der Waals surface area (Å²) in [7, 11) is 1.56. The highest BCUT2D eigenvalue weighted by Crippen LogP contribution is 2.40. The molecule has 2 heterocycles. The molecule has 0 atom stereocenters. The quantitative estimate of drug-likeness (QED) is 0.800. The van der Waals surface area contributed by atoms with E-state index >= 15 is 0 Å². The van der Waals surface area contributed by atoms with E-state index in [1.807, 2.05) is 0 Å². The van der Waals surface area contributed by atoms with Gasteiger partial charge < -0.3 is 24.8 Å². The Kier molecular flexibility index (Phi) is 6.96. The lowest BCUT2D eigenvalue weighted by Gasteiger charge is -2.27. The van der Waals surface area contributed by atoms with Crippen molar-refractivity contribution in [3.63, 3.8) is 0 Å². The SMILES string of the molecule is COc1cc(C(=O)NCCN2CCNCC2)cc2c1OCCO2.Cl. The van der Waals surface area contributed by atoms with Gasteiger partial charge in [-0.3, -0.25) is 9.69 Å². The van der Waals surface area contributed by atoms with E-state index in [-0.39, 0.29) is 18.3 Å². The summed E-state index contributed by atoms with van der Waals surface area (Å²) in [5.74, 6) is 1.52. The van der Waals surface area contributed by atoms with Crippen LogP contribution in [0.3, 0.4) is 0 Å². The smallest absolute Gasteiger partial charge is 0.251 e. The first-order valence-corrected chi connectivity index (χ1v) is 7.97. The molecule has 0 bridgehead atoms. The van der Waals surface area contributed by atoms with Crippen LogP contribution in [-0.4, -0.2) is 70.4 Å². The molecule has 0 aliphatic carbocycles. The number of piperazine rings is 1. The summed E-state index contributed by atoms with van der Waals surface area (Å²) in [6.45, 7) is 6.50. The van der Waals surface area contributed by atoms with Gasteiger partial charge in [-0.25, -0.2) is 0 Å². The Balaban J connectivity index is 0.00000208. The lowest BCUT2D eigenvalue weighted by Crippen LogP contribution is -2.46. The fourth-order valence-corrected chi connectivity index (χ4v) is 2.77. The van der Waals surface area contributed by atoms with Crippen LogP contribution in [0, 0.1) is 0 Å². The van der Waals surface area contributed by atoms with Crippen LogP contribution in [-0.2, 0) is 0 Å². The molecule has 0 radical (unpaired) electrons. The van der Waals surface area contributed by atoms with E-state index in [2.05, 4.69) is 15.5 Å². The van der Waals surface area contributed by atoms with Crippen LogP contribution < -0.4 is 24.8 Å². The molecule has 2 aliphatic heterocycles. The van der Waals surface area contributed by atoms with Gasteiger partial charge in [-0.05, 0) is 12.1 Å². The molecular weight excluding hydrogens is 334 g/mol. The molecular formula is C16H24ClN3O4. The number of ether oxygens (including phenoxy) is 3. The van der Waals surface area contributed by atoms with Crippen molar-refractivity contribution in [3.8, 4) is 17.2 Å². The number of hydrogen-bond donors (Lipinski definition) is 2. The number of methoxy groups -OCH3 is 1. The van der Waals surface area contributed by atoms with Crippen LogP contribution >= 0.6 is 12.4 Å². The van der Waals surface area contributed by atoms with Crippen molar-refractivity contribution in [3.05, 3.63) is 17.7 Å². The van der Waals surface area contributed by atoms with Gasteiger partial charge in [-0.1, -0.05) is 0 Å². The first-order chi connectivity index (χ1) is 11.3. The van der Waals surface area contributed by atoms with Gasteiger partial charge in [0.25, 0.3) is 5.91 Å². The van der Waals surface area contributed by atoms with Gasteiger partial charge in [0.2, 0.25) is 5.75 Å². The van der Waals surface area contributed by atoms with E-state index < -0.39 is 0 Å². The maximum atomic E-state index is 12.3.